The Bertz CT molecular complexity index is 459. The summed E-state index contributed by atoms with van der Waals surface area (Å²) in [5.74, 6) is 0.766. The van der Waals surface area contributed by atoms with Crippen LogP contribution in [0.5, 0.6) is 5.75 Å². The first-order valence-electron chi connectivity index (χ1n) is 7.39. The van der Waals surface area contributed by atoms with Crippen molar-refractivity contribution < 1.29 is 14.6 Å². The van der Waals surface area contributed by atoms with Crippen LogP contribution in [0.2, 0.25) is 5.02 Å². The molecule has 5 heteroatoms. The van der Waals surface area contributed by atoms with E-state index in [-0.39, 0.29) is 18.8 Å². The van der Waals surface area contributed by atoms with Gasteiger partial charge >= 0.3 is 0 Å². The van der Waals surface area contributed by atoms with E-state index >= 15 is 0 Å². The van der Waals surface area contributed by atoms with Crippen LogP contribution in [0.15, 0.2) is 18.2 Å². The van der Waals surface area contributed by atoms with Gasteiger partial charge in [-0.2, -0.15) is 0 Å². The third kappa shape index (κ3) is 5.15. The third-order valence-corrected chi connectivity index (χ3v) is 3.77. The van der Waals surface area contributed by atoms with Gasteiger partial charge in [-0.3, -0.25) is 4.90 Å². The summed E-state index contributed by atoms with van der Waals surface area (Å²) in [6, 6.07) is 5.49. The Balaban J connectivity index is 1.80. The highest BCUT2D eigenvalue weighted by Gasteiger charge is 2.23. The Kier molecular flexibility index (Phi) is 5.88. The van der Waals surface area contributed by atoms with Crippen molar-refractivity contribution in [2.75, 3.05) is 26.2 Å². The normalized spacial score (nSPS) is 24.8. The summed E-state index contributed by atoms with van der Waals surface area (Å²) in [6.07, 6.45) is -0.0988. The molecule has 0 saturated carbocycles. The molecule has 2 rings (SSSR count). The van der Waals surface area contributed by atoms with E-state index in [2.05, 4.69) is 18.7 Å². The van der Waals surface area contributed by atoms with Gasteiger partial charge < -0.3 is 14.6 Å². The van der Waals surface area contributed by atoms with Crippen LogP contribution in [-0.4, -0.2) is 54.6 Å². The first-order valence-corrected chi connectivity index (χ1v) is 7.76. The van der Waals surface area contributed by atoms with E-state index in [1.54, 1.807) is 6.07 Å². The van der Waals surface area contributed by atoms with Crippen molar-refractivity contribution in [3.8, 4) is 5.75 Å². The molecule has 0 radical (unpaired) electrons. The maximum absolute atomic E-state index is 10.1. The monoisotopic (exact) mass is 313 g/mol. The van der Waals surface area contributed by atoms with Gasteiger partial charge in [0, 0.05) is 24.7 Å². The van der Waals surface area contributed by atoms with Crippen LogP contribution >= 0.6 is 11.6 Å². The molecular weight excluding hydrogens is 290 g/mol. The molecule has 4 nitrogen and oxygen atoms in total. The number of nitrogens with zero attached hydrogens (tertiary/aromatic N) is 1. The highest BCUT2D eigenvalue weighted by atomic mass is 35.5. The molecule has 1 aromatic carbocycles. The lowest BCUT2D eigenvalue weighted by Gasteiger charge is -2.36. The van der Waals surface area contributed by atoms with Gasteiger partial charge in [-0.15, -0.1) is 0 Å². The molecule has 0 spiro atoms. The second-order valence-corrected chi connectivity index (χ2v) is 6.29. The molecular formula is C16H24ClNO3. The number of rotatable bonds is 5. The van der Waals surface area contributed by atoms with E-state index in [0.29, 0.717) is 11.6 Å². The van der Waals surface area contributed by atoms with Gasteiger partial charge in [0.25, 0.3) is 0 Å². The molecule has 1 N–H and O–H groups in total. The average Bonchev–Trinajstić information content (AvgIpc) is 2.36. The summed E-state index contributed by atoms with van der Waals surface area (Å²) in [5.41, 5.74) is 0.975. The van der Waals surface area contributed by atoms with Gasteiger partial charge in [0.05, 0.1) is 12.2 Å². The number of ether oxygens (including phenoxy) is 2. The minimum Gasteiger partial charge on any atom is -0.491 e. The number of morpholine rings is 1. The Morgan fingerprint density at radius 2 is 2.05 bits per heavy atom. The van der Waals surface area contributed by atoms with Crippen molar-refractivity contribution >= 4 is 11.6 Å². The molecule has 0 aliphatic carbocycles. The van der Waals surface area contributed by atoms with Crippen LogP contribution < -0.4 is 4.74 Å². The van der Waals surface area contributed by atoms with Crippen LogP contribution in [-0.2, 0) is 4.74 Å². The minimum atomic E-state index is -0.516. The van der Waals surface area contributed by atoms with E-state index < -0.39 is 6.10 Å². The zero-order valence-corrected chi connectivity index (χ0v) is 13.6. The standard InChI is InChI=1S/C16H24ClNO3/c1-11-6-14(17)4-5-16(11)20-10-15(19)9-18-7-12(2)21-13(3)8-18/h4-6,12-13,15,19H,7-10H2,1-3H3/t12-,13-,15-/m0/s1. The van der Waals surface area contributed by atoms with Crippen LogP contribution in [0, 0.1) is 6.92 Å². The summed E-state index contributed by atoms with van der Waals surface area (Å²) in [6.45, 7) is 8.64. The molecule has 118 valence electrons. The summed E-state index contributed by atoms with van der Waals surface area (Å²) in [7, 11) is 0. The van der Waals surface area contributed by atoms with Crippen LogP contribution in [0.1, 0.15) is 19.4 Å². The molecule has 1 heterocycles. The number of halogens is 1. The molecule has 0 bridgehead atoms. The molecule has 0 unspecified atom stereocenters. The van der Waals surface area contributed by atoms with Crippen molar-refractivity contribution in [3.05, 3.63) is 28.8 Å². The van der Waals surface area contributed by atoms with Gasteiger partial charge in [-0.1, -0.05) is 11.6 Å². The Hall–Kier alpha value is -0.810. The molecule has 1 fully saturated rings. The van der Waals surface area contributed by atoms with E-state index in [1.807, 2.05) is 19.1 Å². The fourth-order valence-corrected chi connectivity index (χ4v) is 2.97. The number of benzene rings is 1. The fourth-order valence-electron chi connectivity index (χ4n) is 2.74. The number of aliphatic hydroxyl groups is 1. The van der Waals surface area contributed by atoms with Crippen LogP contribution in [0.3, 0.4) is 0 Å². The first-order chi connectivity index (χ1) is 9.94. The van der Waals surface area contributed by atoms with E-state index in [1.165, 1.54) is 0 Å². The zero-order chi connectivity index (χ0) is 15.4. The predicted molar refractivity (Wildman–Crippen MR) is 84.1 cm³/mol. The second-order valence-electron chi connectivity index (χ2n) is 5.85. The van der Waals surface area contributed by atoms with E-state index in [4.69, 9.17) is 21.1 Å². The summed E-state index contributed by atoms with van der Waals surface area (Å²) in [5, 5.41) is 10.8. The Morgan fingerprint density at radius 3 is 2.67 bits per heavy atom. The highest BCUT2D eigenvalue weighted by molar-refractivity contribution is 6.30. The maximum Gasteiger partial charge on any atom is 0.122 e. The van der Waals surface area contributed by atoms with Gasteiger partial charge in [-0.05, 0) is 44.5 Å². The van der Waals surface area contributed by atoms with Crippen molar-refractivity contribution in [1.29, 1.82) is 0 Å². The van der Waals surface area contributed by atoms with Crippen LogP contribution in [0.25, 0.3) is 0 Å². The molecule has 1 saturated heterocycles. The topological polar surface area (TPSA) is 41.9 Å². The van der Waals surface area contributed by atoms with Crippen molar-refractivity contribution in [3.63, 3.8) is 0 Å². The number of β-amino-alcohol motifs (C(OH)–C–C–N with tert-alkyl or cyclic N) is 1. The average molecular weight is 314 g/mol. The molecule has 1 aromatic rings. The lowest BCUT2D eigenvalue weighted by Crippen LogP contribution is -2.48. The molecule has 0 aromatic heterocycles. The number of hydrogen-bond acceptors (Lipinski definition) is 4. The van der Waals surface area contributed by atoms with Crippen LogP contribution in [0.4, 0.5) is 0 Å². The maximum atomic E-state index is 10.1. The highest BCUT2D eigenvalue weighted by Crippen LogP contribution is 2.22. The van der Waals surface area contributed by atoms with E-state index in [9.17, 15) is 5.11 Å². The lowest BCUT2D eigenvalue weighted by atomic mass is 10.2. The summed E-state index contributed by atoms with van der Waals surface area (Å²) < 4.78 is 11.4. The van der Waals surface area contributed by atoms with Gasteiger partial charge in [0.15, 0.2) is 0 Å². The van der Waals surface area contributed by atoms with Crippen molar-refractivity contribution in [2.45, 2.75) is 39.1 Å². The predicted octanol–water partition coefficient (Wildman–Crippen LogP) is 2.50. The molecule has 21 heavy (non-hydrogen) atoms. The smallest absolute Gasteiger partial charge is 0.122 e. The molecule has 1 aliphatic heterocycles. The zero-order valence-electron chi connectivity index (χ0n) is 12.9. The van der Waals surface area contributed by atoms with Crippen molar-refractivity contribution in [1.82, 2.24) is 4.90 Å². The summed E-state index contributed by atoms with van der Waals surface area (Å²) >= 11 is 5.91. The van der Waals surface area contributed by atoms with Gasteiger partial charge in [0.1, 0.15) is 18.5 Å². The second kappa shape index (κ2) is 7.45. The van der Waals surface area contributed by atoms with Gasteiger partial charge in [0.2, 0.25) is 0 Å². The fraction of sp³-hybridized carbons (Fsp3) is 0.625. The Morgan fingerprint density at radius 1 is 1.38 bits per heavy atom. The molecule has 3 atom stereocenters. The molecule has 0 amide bonds. The lowest BCUT2D eigenvalue weighted by molar-refractivity contribution is -0.0786. The number of hydrogen-bond donors (Lipinski definition) is 1. The number of aryl methyl sites for hydroxylation is 1. The Labute approximate surface area is 131 Å². The largest absolute Gasteiger partial charge is 0.491 e. The van der Waals surface area contributed by atoms with Crippen molar-refractivity contribution in [2.24, 2.45) is 0 Å². The SMILES string of the molecule is Cc1cc(Cl)ccc1OC[C@@H](O)CN1C[C@H](C)O[C@@H](C)C1. The first kappa shape index (κ1) is 16.6. The summed E-state index contributed by atoms with van der Waals surface area (Å²) in [4.78, 5) is 2.22. The van der Waals surface area contributed by atoms with Gasteiger partial charge in [-0.25, -0.2) is 0 Å². The third-order valence-electron chi connectivity index (χ3n) is 3.53. The minimum absolute atomic E-state index is 0.209. The molecule has 1 aliphatic rings. The quantitative estimate of drug-likeness (QED) is 0.907. The van der Waals surface area contributed by atoms with E-state index in [0.717, 1.165) is 24.4 Å². The number of aliphatic hydroxyl groups excluding tert-OH is 1.